The number of aryl methyl sites for hydroxylation is 6. The van der Waals surface area contributed by atoms with Crippen LogP contribution in [0.1, 0.15) is 223 Å². The molecular formula is C89H135N9O18S3. The summed E-state index contributed by atoms with van der Waals surface area (Å²) in [5, 5.41) is 25.4. The van der Waals surface area contributed by atoms with E-state index in [1.807, 2.05) is 97.4 Å². The average Bonchev–Trinajstić information content (AvgIpc) is 1.73. The Balaban J connectivity index is 0.00000130. The van der Waals surface area contributed by atoms with Crippen molar-refractivity contribution in [2.45, 2.75) is 184 Å². The van der Waals surface area contributed by atoms with E-state index in [0.717, 1.165) is 113 Å². The highest BCUT2D eigenvalue weighted by Crippen LogP contribution is 2.28. The van der Waals surface area contributed by atoms with Gasteiger partial charge in [-0.05, 0) is 203 Å². The van der Waals surface area contributed by atoms with Crippen LogP contribution >= 0.6 is 11.3 Å². The van der Waals surface area contributed by atoms with Gasteiger partial charge in [-0.1, -0.05) is 141 Å². The summed E-state index contributed by atoms with van der Waals surface area (Å²) in [5.74, 6) is 2.34. The number of carboxylic acids is 3. The highest BCUT2D eigenvalue weighted by Gasteiger charge is 2.31. The molecule has 3 saturated heterocycles. The smallest absolute Gasteiger partial charge is 0.371 e. The number of thiophene rings is 1. The Morgan fingerprint density at radius 3 is 1.49 bits per heavy atom. The summed E-state index contributed by atoms with van der Waals surface area (Å²) in [6.45, 7) is 33.6. The molecule has 30 heteroatoms. The number of carbonyl (C=O) groups excluding carboxylic acids is 4. The number of carbonyl (C=O) groups is 7. The lowest BCUT2D eigenvalue weighted by Crippen LogP contribution is -2.47. The number of aromatic carboxylic acids is 2. The molecule has 11 rings (SSSR count). The first-order valence-corrected chi connectivity index (χ1v) is 44.2. The van der Waals surface area contributed by atoms with E-state index in [2.05, 4.69) is 91.0 Å². The Bertz CT molecular complexity index is 4240. The van der Waals surface area contributed by atoms with Crippen molar-refractivity contribution < 1.29 is 83.7 Å². The molecule has 27 nitrogen and oxygen atoms in total. The maximum Gasteiger partial charge on any atom is 0.371 e. The summed E-state index contributed by atoms with van der Waals surface area (Å²) in [6, 6.07) is 33.0. The predicted octanol–water partition coefficient (Wildman–Crippen LogP) is 15.3. The van der Waals surface area contributed by atoms with Gasteiger partial charge in [0.2, 0.25) is 38.5 Å². The number of aromatic nitrogens is 1. The van der Waals surface area contributed by atoms with Crippen molar-refractivity contribution in [1.82, 2.24) is 28.3 Å². The van der Waals surface area contributed by atoms with Crippen LogP contribution in [-0.2, 0) is 53.0 Å². The van der Waals surface area contributed by atoms with Gasteiger partial charge in [-0.2, -0.15) is 8.61 Å². The van der Waals surface area contributed by atoms with E-state index >= 15 is 0 Å². The quantitative estimate of drug-likeness (QED) is 0.0264. The van der Waals surface area contributed by atoms with Gasteiger partial charge in [-0.15, -0.1) is 23.7 Å². The van der Waals surface area contributed by atoms with Gasteiger partial charge in [0.15, 0.2) is 0 Å². The van der Waals surface area contributed by atoms with Gasteiger partial charge >= 0.3 is 23.9 Å². The van der Waals surface area contributed by atoms with Crippen molar-refractivity contribution in [3.8, 4) is 12.3 Å². The van der Waals surface area contributed by atoms with Crippen LogP contribution in [-0.4, -0.2) is 196 Å². The van der Waals surface area contributed by atoms with Gasteiger partial charge in [0.1, 0.15) is 27.9 Å². The van der Waals surface area contributed by atoms with Crippen LogP contribution < -0.4 is 17.2 Å². The second-order valence-electron chi connectivity index (χ2n) is 28.9. The zero-order chi connectivity index (χ0) is 90.2. The highest BCUT2D eigenvalue weighted by molar-refractivity contribution is 7.89. The monoisotopic (exact) mass is 1710 g/mol. The second-order valence-corrected chi connectivity index (χ2v) is 33.9. The van der Waals surface area contributed by atoms with Crippen molar-refractivity contribution >= 4 is 73.0 Å². The molecule has 5 aromatic heterocycles. The number of likely N-dealkylation sites (N-methyl/N-ethyl adjacent to an activating group) is 2. The van der Waals surface area contributed by atoms with Crippen LogP contribution in [0, 0.1) is 63.7 Å². The van der Waals surface area contributed by atoms with Crippen LogP contribution in [0.15, 0.2) is 152 Å². The lowest BCUT2D eigenvalue weighted by Gasteiger charge is -2.31. The Hall–Kier alpha value is -9.58. The fraction of sp³-hybridized carbons (Fsp3) is 0.506. The second kappa shape index (κ2) is 61.7. The number of hydrogen-bond donors (Lipinski definition) is 6. The molecule has 9 N–H and O–H groups in total. The fourth-order valence-corrected chi connectivity index (χ4v) is 14.6. The van der Waals surface area contributed by atoms with E-state index in [0.29, 0.717) is 59.6 Å². The van der Waals surface area contributed by atoms with E-state index in [1.165, 1.54) is 84.4 Å². The number of terminal acetylenes is 1. The number of methoxy groups -OCH3 is 1. The molecular weight excluding hydrogens is 1580 g/mol. The number of aliphatic carboxylic acids is 1. The maximum atomic E-state index is 12.2. The van der Waals surface area contributed by atoms with Gasteiger partial charge in [0.25, 0.3) is 15.9 Å². The molecule has 0 bridgehead atoms. The number of esters is 1. The maximum absolute atomic E-state index is 12.2. The first kappa shape index (κ1) is 109. The minimum atomic E-state index is -3.42. The van der Waals surface area contributed by atoms with Crippen LogP contribution in [0.2, 0.25) is 0 Å². The molecule has 1 atom stereocenters. The number of likely N-dealkylation sites (tertiary alicyclic amines) is 1. The third-order valence-electron chi connectivity index (χ3n) is 18.0. The SMILES string of the molecule is C#CCC.CC/C=C/CC.CC1CCC(C(N)=O)CC1.CCCC(C)C.CCc1ccc(C(=O)O)o1.CCc1ccc(C(=O)OC)s1.CN1CCCC(C(=O)O)C1.CN1CCN(S(=O)(=O)Cc2ccccc2)CC1.Cc1ccc(C(=O)O)o1.Cc1ccc(C(N)=O)cc1.Cc1ccc(C(N)=O)nc1.Cc1ccc(S(=O)(=O)N2CCN(C)CC2)o1. The van der Waals surface area contributed by atoms with Crippen molar-refractivity contribution in [3.05, 3.63) is 200 Å². The number of ether oxygens (including phenoxy) is 1. The minimum Gasteiger partial charge on any atom is -0.481 e. The fourth-order valence-electron chi connectivity index (χ4n) is 10.8. The number of hydrogen-bond acceptors (Lipinski definition) is 20. The molecule has 0 radical (unpaired) electrons. The molecule has 1 unspecified atom stereocenters. The van der Waals surface area contributed by atoms with Crippen LogP contribution in [0.4, 0.5) is 0 Å². The van der Waals surface area contributed by atoms with Gasteiger partial charge < -0.3 is 65.2 Å². The molecule has 4 aliphatic rings. The van der Waals surface area contributed by atoms with Crippen LogP contribution in [0.5, 0.6) is 0 Å². The number of sulfonamides is 2. The molecule has 8 heterocycles. The number of allylic oxidation sites excluding steroid dienone is 2. The number of nitrogens with two attached hydrogens (primary N) is 3. The first-order chi connectivity index (χ1) is 56.2. The Labute approximate surface area is 712 Å². The number of pyridine rings is 1. The number of amides is 3. The normalized spacial score (nSPS) is 15.9. The lowest BCUT2D eigenvalue weighted by molar-refractivity contribution is -0.143. The average molecular weight is 1720 g/mol. The minimum absolute atomic E-state index is 0.00694. The standard InChI is InChI=1S/C12H18N2O2S.C10H16N2O3S.C8H15NO.C8H9NO.C8H10O2S.C7H8N2O.C7H13NO2.C7H8O3.C6H6O3.C6H14.C6H12.C4H6/c1-13-7-9-14(10-8-13)17(15,16)11-12-5-3-2-4-6-12;1-9-3-4-10(15-9)16(13,14)12-7-5-11(2)6-8-12;2*1-6-2-4-7(5-3-6)8(9)10;1-3-6-4-5-7(11-6)8(9)10-2;1-5-2-3-6(7(8)10)9-4-5;1-8-4-2-3-6(5-8)7(9)10;1-2-5-3-4-6(10-5)7(8)9;1-4-2-3-5(9-4)6(7)8;1-4-5-6(2)3;1-3-5-6-4-2;1-3-4-2/h2-6H,7-11H2,1H3;3-4H,5-8H2,1-2H3;6-7H,2-5H2,1H3,(H2,9,10);2-5H,1H3,(H2,9,10);4-5H,3H2,1-2H3;2-4H,1H3,(H2,8,10);6H,2-5H2,1H3,(H,9,10);3-4H,2H2,1H3,(H,8,9);2-3H,1H3,(H,7,8);6H,4-5H2,1-3H3;5-6H,3-4H2,1-2H3;1H,4H2,2H3/b;;;;;;;;;;6-5+;. The van der Waals surface area contributed by atoms with Gasteiger partial charge in [-0.3, -0.25) is 24.2 Å². The summed E-state index contributed by atoms with van der Waals surface area (Å²) in [5.41, 5.74) is 19.0. The number of carboxylic acid groups (broad SMARTS) is 3. The van der Waals surface area contributed by atoms with Gasteiger partial charge in [0, 0.05) is 94.3 Å². The zero-order valence-electron chi connectivity index (χ0n) is 73.2. The van der Waals surface area contributed by atoms with E-state index < -0.39 is 43.9 Å². The molecule has 3 aliphatic heterocycles. The van der Waals surface area contributed by atoms with Crippen LogP contribution in [0.25, 0.3) is 0 Å². The molecule has 662 valence electrons. The molecule has 0 spiro atoms. The number of rotatable bonds is 18. The number of nitrogens with zero attached hydrogens (tertiary/aromatic N) is 6. The zero-order valence-corrected chi connectivity index (χ0v) is 75.6. The van der Waals surface area contributed by atoms with E-state index in [1.54, 1.807) is 72.9 Å². The van der Waals surface area contributed by atoms with Crippen LogP contribution in [0.3, 0.4) is 0 Å². The highest BCUT2D eigenvalue weighted by atomic mass is 32.2. The van der Waals surface area contributed by atoms with E-state index in [-0.39, 0.29) is 52.0 Å². The molecule has 3 amide bonds. The molecule has 2 aromatic carbocycles. The number of piperidine rings is 1. The third kappa shape index (κ3) is 48.9. The number of primary amides is 3. The Morgan fingerprint density at radius 1 is 0.605 bits per heavy atom. The lowest BCUT2D eigenvalue weighted by atomic mass is 9.83. The van der Waals surface area contributed by atoms with E-state index in [4.69, 9.17) is 52.2 Å². The predicted molar refractivity (Wildman–Crippen MR) is 472 cm³/mol. The molecule has 1 saturated carbocycles. The van der Waals surface area contributed by atoms with Crippen molar-refractivity contribution in [2.75, 3.05) is 93.7 Å². The molecule has 1 aliphatic carbocycles. The molecule has 4 fully saturated rings. The van der Waals surface area contributed by atoms with Crippen molar-refractivity contribution in [2.24, 2.45) is 40.9 Å². The molecule has 119 heavy (non-hydrogen) atoms. The van der Waals surface area contributed by atoms with Gasteiger partial charge in [0.05, 0.1) is 18.8 Å². The topological polar surface area (TPSA) is 404 Å². The largest absolute Gasteiger partial charge is 0.481 e. The summed E-state index contributed by atoms with van der Waals surface area (Å²) in [7, 11) is 0.788. The summed E-state index contributed by atoms with van der Waals surface area (Å²) in [4.78, 5) is 85.5. The van der Waals surface area contributed by atoms with Crippen molar-refractivity contribution in [3.63, 3.8) is 0 Å². The summed E-state index contributed by atoms with van der Waals surface area (Å²) in [6.07, 6.45) is 24.6. The molecule has 7 aromatic rings. The van der Waals surface area contributed by atoms with E-state index in [9.17, 15) is 50.4 Å². The Kier molecular flexibility index (Phi) is 56.7. The summed E-state index contributed by atoms with van der Waals surface area (Å²) < 4.78 is 71.0. The number of piperazine rings is 2. The Morgan fingerprint density at radius 2 is 1.13 bits per heavy atom. The summed E-state index contributed by atoms with van der Waals surface area (Å²) >= 11 is 1.49. The number of benzene rings is 2. The van der Waals surface area contributed by atoms with Gasteiger partial charge in [-0.25, -0.2) is 31.2 Å². The van der Waals surface area contributed by atoms with Crippen molar-refractivity contribution in [1.29, 1.82) is 0 Å². The first-order valence-electron chi connectivity index (χ1n) is 40.3. The third-order valence-corrected chi connectivity index (χ3v) is 22.8. The number of furan rings is 3.